The quantitative estimate of drug-likeness (QED) is 0.640. The Bertz CT molecular complexity index is 699. The van der Waals surface area contributed by atoms with Gasteiger partial charge in [-0.2, -0.15) is 11.8 Å². The van der Waals surface area contributed by atoms with Crippen LogP contribution in [0.4, 0.5) is 4.39 Å². The van der Waals surface area contributed by atoms with Crippen LogP contribution in [0.1, 0.15) is 18.9 Å². The number of halogens is 2. The lowest BCUT2D eigenvalue weighted by molar-refractivity contribution is -0.128. The molecule has 0 fully saturated rings. The second kappa shape index (κ2) is 10.3. The van der Waals surface area contributed by atoms with Gasteiger partial charge in [0, 0.05) is 23.1 Å². The smallest absolute Gasteiger partial charge is 0.261 e. The van der Waals surface area contributed by atoms with Gasteiger partial charge in [0.2, 0.25) is 0 Å². The van der Waals surface area contributed by atoms with Gasteiger partial charge in [-0.3, -0.25) is 4.79 Å². The van der Waals surface area contributed by atoms with Crippen molar-refractivity contribution in [3.05, 3.63) is 64.9 Å². The highest BCUT2D eigenvalue weighted by atomic mass is 35.5. The number of ether oxygens (including phenoxy) is 1. The summed E-state index contributed by atoms with van der Waals surface area (Å²) in [5.41, 5.74) is 1.15. The molecule has 2 aromatic carbocycles. The Labute approximate surface area is 156 Å². The molecule has 1 amide bonds. The van der Waals surface area contributed by atoms with Crippen molar-refractivity contribution in [1.82, 2.24) is 5.32 Å². The molecule has 0 radical (unpaired) electrons. The molecule has 0 aliphatic carbocycles. The molecule has 25 heavy (non-hydrogen) atoms. The predicted molar refractivity (Wildman–Crippen MR) is 102 cm³/mol. The number of hydrogen-bond acceptors (Lipinski definition) is 3. The van der Waals surface area contributed by atoms with E-state index >= 15 is 0 Å². The zero-order chi connectivity index (χ0) is 18.1. The fraction of sp³-hybridized carbons (Fsp3) is 0.316. The minimum atomic E-state index is -0.699. The van der Waals surface area contributed by atoms with Crippen molar-refractivity contribution in [2.45, 2.75) is 25.2 Å². The van der Waals surface area contributed by atoms with Crippen LogP contribution in [0.5, 0.6) is 5.75 Å². The molecule has 0 aliphatic heterocycles. The summed E-state index contributed by atoms with van der Waals surface area (Å²) in [6, 6.07) is 13.8. The van der Waals surface area contributed by atoms with Crippen LogP contribution >= 0.6 is 23.4 Å². The van der Waals surface area contributed by atoms with E-state index in [0.717, 1.165) is 22.1 Å². The molecule has 2 aromatic rings. The molecular weight excluding hydrogens is 361 g/mol. The fourth-order valence-electron chi connectivity index (χ4n) is 2.19. The van der Waals surface area contributed by atoms with Gasteiger partial charge in [0.05, 0.1) is 0 Å². The number of thioether (sulfide) groups is 1. The molecule has 0 heterocycles. The van der Waals surface area contributed by atoms with Gasteiger partial charge in [0.25, 0.3) is 5.91 Å². The van der Waals surface area contributed by atoms with E-state index in [2.05, 4.69) is 5.32 Å². The van der Waals surface area contributed by atoms with Crippen molar-refractivity contribution in [2.75, 3.05) is 12.3 Å². The molecule has 0 aromatic heterocycles. The highest BCUT2D eigenvalue weighted by molar-refractivity contribution is 7.98. The predicted octanol–water partition coefficient (Wildman–Crippen LogP) is 4.69. The Morgan fingerprint density at radius 2 is 2.08 bits per heavy atom. The van der Waals surface area contributed by atoms with Crippen molar-refractivity contribution in [1.29, 1.82) is 0 Å². The third-order valence-corrected chi connectivity index (χ3v) is 4.74. The van der Waals surface area contributed by atoms with Crippen LogP contribution < -0.4 is 10.1 Å². The Kier molecular flexibility index (Phi) is 8.09. The van der Waals surface area contributed by atoms with Crippen LogP contribution in [0, 0.1) is 5.82 Å². The number of amides is 1. The molecular formula is C19H21ClFNO2S. The molecule has 0 bridgehead atoms. The van der Waals surface area contributed by atoms with Crippen molar-refractivity contribution in [3.8, 4) is 5.75 Å². The number of hydrogen-bond donors (Lipinski definition) is 1. The minimum absolute atomic E-state index is 0.0971. The third-order valence-electron chi connectivity index (χ3n) is 3.47. The van der Waals surface area contributed by atoms with Crippen LogP contribution in [0.25, 0.3) is 0 Å². The summed E-state index contributed by atoms with van der Waals surface area (Å²) in [6.07, 6.45) is -0.231. The average Bonchev–Trinajstić information content (AvgIpc) is 2.60. The average molecular weight is 382 g/mol. The van der Waals surface area contributed by atoms with Crippen molar-refractivity contribution in [2.24, 2.45) is 0 Å². The van der Waals surface area contributed by atoms with Gasteiger partial charge in [-0.1, -0.05) is 42.8 Å². The van der Waals surface area contributed by atoms with E-state index in [1.807, 2.05) is 31.2 Å². The van der Waals surface area contributed by atoms with Gasteiger partial charge in [-0.05, 0) is 36.2 Å². The summed E-state index contributed by atoms with van der Waals surface area (Å²) in [6.45, 7) is 2.36. The molecule has 0 aliphatic rings. The largest absolute Gasteiger partial charge is 0.478 e. The monoisotopic (exact) mass is 381 g/mol. The summed E-state index contributed by atoms with van der Waals surface area (Å²) in [4.78, 5) is 12.2. The van der Waals surface area contributed by atoms with E-state index < -0.39 is 11.9 Å². The summed E-state index contributed by atoms with van der Waals surface area (Å²) in [7, 11) is 0. The molecule has 1 N–H and O–H groups in total. The van der Waals surface area contributed by atoms with Crippen molar-refractivity contribution >= 4 is 29.3 Å². The van der Waals surface area contributed by atoms with Gasteiger partial charge in [0.15, 0.2) is 17.7 Å². The van der Waals surface area contributed by atoms with Crippen LogP contribution in [0.15, 0.2) is 48.5 Å². The van der Waals surface area contributed by atoms with Gasteiger partial charge >= 0.3 is 0 Å². The van der Waals surface area contributed by atoms with Gasteiger partial charge in [-0.25, -0.2) is 4.39 Å². The first-order valence-electron chi connectivity index (χ1n) is 8.11. The van der Waals surface area contributed by atoms with E-state index in [9.17, 15) is 9.18 Å². The second-order valence-electron chi connectivity index (χ2n) is 5.42. The molecule has 6 heteroatoms. The van der Waals surface area contributed by atoms with E-state index in [-0.39, 0.29) is 11.7 Å². The lowest BCUT2D eigenvalue weighted by Gasteiger charge is -2.17. The Balaban J connectivity index is 1.72. The van der Waals surface area contributed by atoms with E-state index in [1.165, 1.54) is 12.1 Å². The molecule has 2 rings (SSSR count). The van der Waals surface area contributed by atoms with Crippen LogP contribution in [-0.4, -0.2) is 24.3 Å². The first kappa shape index (κ1) is 19.6. The zero-order valence-corrected chi connectivity index (χ0v) is 15.6. The normalized spacial score (nSPS) is 11.8. The van der Waals surface area contributed by atoms with E-state index in [4.69, 9.17) is 16.3 Å². The molecule has 0 spiro atoms. The summed E-state index contributed by atoms with van der Waals surface area (Å²) < 4.78 is 19.1. The highest BCUT2D eigenvalue weighted by Crippen LogP contribution is 2.18. The van der Waals surface area contributed by atoms with Gasteiger partial charge in [-0.15, -0.1) is 0 Å². The molecule has 134 valence electrons. The molecule has 1 atom stereocenters. The lowest BCUT2D eigenvalue weighted by Crippen LogP contribution is -2.39. The first-order valence-corrected chi connectivity index (χ1v) is 9.64. The lowest BCUT2D eigenvalue weighted by atomic mass is 10.2. The van der Waals surface area contributed by atoms with E-state index in [0.29, 0.717) is 13.0 Å². The molecule has 0 saturated carbocycles. The van der Waals surface area contributed by atoms with Crippen molar-refractivity contribution in [3.63, 3.8) is 0 Å². The summed E-state index contributed by atoms with van der Waals surface area (Å²) in [5.74, 6) is 1.01. The van der Waals surface area contributed by atoms with Crippen LogP contribution in [0.3, 0.4) is 0 Å². The third kappa shape index (κ3) is 6.59. The zero-order valence-electron chi connectivity index (χ0n) is 14.0. The molecule has 3 nitrogen and oxygen atoms in total. The summed E-state index contributed by atoms with van der Waals surface area (Å²) in [5, 5.41) is 3.56. The summed E-state index contributed by atoms with van der Waals surface area (Å²) >= 11 is 7.66. The maximum atomic E-state index is 13.6. The molecule has 0 saturated heterocycles. The Hall–Kier alpha value is -1.72. The van der Waals surface area contributed by atoms with Crippen LogP contribution in [0.2, 0.25) is 5.02 Å². The molecule has 0 unspecified atom stereocenters. The standard InChI is InChI=1S/C19H21ClFNO2S/c1-2-17(24-18-9-4-3-8-16(18)21)19(23)22-10-11-25-13-14-6-5-7-15(20)12-14/h3-9,12,17H,2,10-11,13H2,1H3,(H,22,23)/t17-/m0/s1. The van der Waals surface area contributed by atoms with E-state index in [1.54, 1.807) is 23.9 Å². The highest BCUT2D eigenvalue weighted by Gasteiger charge is 2.19. The number of rotatable bonds is 9. The second-order valence-corrected chi connectivity index (χ2v) is 6.96. The maximum Gasteiger partial charge on any atom is 0.261 e. The number of carbonyl (C=O) groups is 1. The Morgan fingerprint density at radius 3 is 2.80 bits per heavy atom. The Morgan fingerprint density at radius 1 is 1.28 bits per heavy atom. The topological polar surface area (TPSA) is 38.3 Å². The van der Waals surface area contributed by atoms with Gasteiger partial charge in [0.1, 0.15) is 0 Å². The number of benzene rings is 2. The van der Waals surface area contributed by atoms with Crippen LogP contribution in [-0.2, 0) is 10.5 Å². The van der Waals surface area contributed by atoms with Crippen molar-refractivity contribution < 1.29 is 13.9 Å². The number of para-hydroxylation sites is 1. The first-order chi connectivity index (χ1) is 12.1. The number of nitrogens with one attached hydrogen (secondary N) is 1. The fourth-order valence-corrected chi connectivity index (χ4v) is 3.21. The number of carbonyl (C=O) groups excluding carboxylic acids is 1. The maximum absolute atomic E-state index is 13.6. The minimum Gasteiger partial charge on any atom is -0.478 e. The van der Waals surface area contributed by atoms with Gasteiger partial charge < -0.3 is 10.1 Å². The SMILES string of the molecule is CC[C@H](Oc1ccccc1F)C(=O)NCCSCc1cccc(Cl)c1.